The van der Waals surface area contributed by atoms with Crippen LogP contribution in [0.4, 0.5) is 16.2 Å². The molecule has 0 heterocycles. The molecule has 3 aromatic carbocycles. The van der Waals surface area contributed by atoms with Gasteiger partial charge in [0.15, 0.2) is 0 Å². The summed E-state index contributed by atoms with van der Waals surface area (Å²) < 4.78 is 5.23. The smallest absolute Gasteiger partial charge is 0.319 e. The van der Waals surface area contributed by atoms with Gasteiger partial charge in [0.25, 0.3) is 0 Å². The fraction of sp³-hybridized carbons (Fsp3) is 0.143. The van der Waals surface area contributed by atoms with Crippen molar-refractivity contribution >= 4 is 34.1 Å². The highest BCUT2D eigenvalue weighted by molar-refractivity contribution is 5.92. The minimum Gasteiger partial charge on any atom is -0.497 e. The molecule has 3 rings (SSSR count). The van der Waals surface area contributed by atoms with Crippen LogP contribution in [-0.4, -0.2) is 19.0 Å². The summed E-state index contributed by atoms with van der Waals surface area (Å²) in [4.78, 5) is 23.3. The van der Waals surface area contributed by atoms with Crippen LogP contribution in [0.5, 0.6) is 5.75 Å². The van der Waals surface area contributed by atoms with Crippen LogP contribution in [0.2, 0.25) is 0 Å². The van der Waals surface area contributed by atoms with Gasteiger partial charge in [0, 0.05) is 24.8 Å². The largest absolute Gasteiger partial charge is 0.497 e. The number of amides is 3. The van der Waals surface area contributed by atoms with E-state index in [1.807, 2.05) is 36.4 Å². The summed E-state index contributed by atoms with van der Waals surface area (Å²) in [6.45, 7) is 1.84. The highest BCUT2D eigenvalue weighted by Gasteiger charge is 2.04. The number of carbonyl (C=O) groups excluding carboxylic acids is 2. The number of anilines is 2. The Balaban J connectivity index is 1.60. The Morgan fingerprint density at radius 1 is 0.889 bits per heavy atom. The first-order chi connectivity index (χ1) is 13.0. The third kappa shape index (κ3) is 4.98. The lowest BCUT2D eigenvalue weighted by Crippen LogP contribution is -2.28. The Hall–Kier alpha value is -3.54. The van der Waals surface area contributed by atoms with Gasteiger partial charge in [-0.25, -0.2) is 4.79 Å². The fourth-order valence-corrected chi connectivity index (χ4v) is 2.75. The second-order valence-corrected chi connectivity index (χ2v) is 6.12. The van der Waals surface area contributed by atoms with Crippen LogP contribution in [0.25, 0.3) is 10.8 Å². The molecule has 3 aromatic rings. The minimum atomic E-state index is -0.315. The molecule has 0 atom stereocenters. The summed E-state index contributed by atoms with van der Waals surface area (Å²) in [6.07, 6.45) is 0. The zero-order chi connectivity index (χ0) is 19.2. The highest BCUT2D eigenvalue weighted by Crippen LogP contribution is 2.22. The molecule has 0 bridgehead atoms. The Bertz CT molecular complexity index is 985. The predicted molar refractivity (Wildman–Crippen MR) is 107 cm³/mol. The van der Waals surface area contributed by atoms with E-state index >= 15 is 0 Å². The lowest BCUT2D eigenvalue weighted by atomic mass is 10.1. The van der Waals surface area contributed by atoms with E-state index in [0.717, 1.165) is 22.1 Å². The van der Waals surface area contributed by atoms with Gasteiger partial charge >= 0.3 is 6.03 Å². The van der Waals surface area contributed by atoms with Gasteiger partial charge in [-0.3, -0.25) is 4.79 Å². The molecule has 138 valence electrons. The first kappa shape index (κ1) is 18.3. The fourth-order valence-electron chi connectivity index (χ4n) is 2.75. The van der Waals surface area contributed by atoms with Crippen molar-refractivity contribution in [3.8, 4) is 5.75 Å². The van der Waals surface area contributed by atoms with Crippen LogP contribution in [-0.2, 0) is 11.3 Å². The highest BCUT2D eigenvalue weighted by atomic mass is 16.5. The molecule has 3 amide bonds. The van der Waals surface area contributed by atoms with Gasteiger partial charge in [-0.05, 0) is 52.7 Å². The molecule has 6 heteroatoms. The van der Waals surface area contributed by atoms with E-state index in [1.54, 1.807) is 31.4 Å². The minimum absolute atomic E-state index is 0.162. The van der Waals surface area contributed by atoms with Gasteiger partial charge in [0.2, 0.25) is 5.91 Å². The molecule has 0 aromatic heterocycles. The Morgan fingerprint density at radius 2 is 1.59 bits per heavy atom. The van der Waals surface area contributed by atoms with Crippen LogP contribution >= 0.6 is 0 Å². The molecule has 0 fully saturated rings. The second kappa shape index (κ2) is 8.23. The standard InChI is InChI=1S/C21H21N3O3/c1-14(25)23-18-4-3-5-19(12-18)24-21(26)22-13-15-6-7-17-11-20(27-2)9-8-16(17)10-15/h3-12H,13H2,1-2H3,(H,23,25)(H2,22,24,26). The number of nitrogens with one attached hydrogen (secondary N) is 3. The molecule has 0 unspecified atom stereocenters. The van der Waals surface area contributed by atoms with Crippen molar-refractivity contribution in [1.29, 1.82) is 0 Å². The maximum Gasteiger partial charge on any atom is 0.319 e. The average molecular weight is 363 g/mol. The molecule has 0 spiro atoms. The summed E-state index contributed by atoms with van der Waals surface area (Å²) >= 11 is 0. The van der Waals surface area contributed by atoms with Gasteiger partial charge in [0.05, 0.1) is 7.11 Å². The van der Waals surface area contributed by atoms with E-state index in [4.69, 9.17) is 4.74 Å². The predicted octanol–water partition coefficient (Wildman–Crippen LogP) is 4.13. The van der Waals surface area contributed by atoms with E-state index in [9.17, 15) is 9.59 Å². The number of urea groups is 1. The second-order valence-electron chi connectivity index (χ2n) is 6.12. The molecule has 0 radical (unpaired) electrons. The maximum atomic E-state index is 12.1. The topological polar surface area (TPSA) is 79.5 Å². The van der Waals surface area contributed by atoms with Crippen molar-refractivity contribution < 1.29 is 14.3 Å². The van der Waals surface area contributed by atoms with Crippen molar-refractivity contribution in [3.05, 3.63) is 66.2 Å². The lowest BCUT2D eigenvalue weighted by molar-refractivity contribution is -0.114. The van der Waals surface area contributed by atoms with E-state index in [0.29, 0.717) is 17.9 Å². The number of rotatable bonds is 5. The summed E-state index contributed by atoms with van der Waals surface area (Å²) in [7, 11) is 1.64. The van der Waals surface area contributed by atoms with Crippen LogP contribution in [0.1, 0.15) is 12.5 Å². The molecule has 3 N–H and O–H groups in total. The SMILES string of the molecule is COc1ccc2cc(CNC(=O)Nc3cccc(NC(C)=O)c3)ccc2c1. The van der Waals surface area contributed by atoms with Crippen LogP contribution < -0.4 is 20.7 Å². The quantitative estimate of drug-likeness (QED) is 0.638. The number of fused-ring (bicyclic) bond motifs is 1. The maximum absolute atomic E-state index is 12.1. The number of benzene rings is 3. The Morgan fingerprint density at radius 3 is 2.33 bits per heavy atom. The molecule has 0 aliphatic carbocycles. The van der Waals surface area contributed by atoms with Crippen molar-refractivity contribution in [2.75, 3.05) is 17.7 Å². The van der Waals surface area contributed by atoms with Gasteiger partial charge in [-0.2, -0.15) is 0 Å². The first-order valence-corrected chi connectivity index (χ1v) is 8.53. The molecule has 27 heavy (non-hydrogen) atoms. The van der Waals surface area contributed by atoms with E-state index in [-0.39, 0.29) is 11.9 Å². The lowest BCUT2D eigenvalue weighted by Gasteiger charge is -2.10. The number of hydrogen-bond acceptors (Lipinski definition) is 3. The molecule has 6 nitrogen and oxygen atoms in total. The number of ether oxygens (including phenoxy) is 1. The average Bonchev–Trinajstić information content (AvgIpc) is 2.65. The van der Waals surface area contributed by atoms with Gasteiger partial charge in [0.1, 0.15) is 5.75 Å². The first-order valence-electron chi connectivity index (χ1n) is 8.53. The summed E-state index contributed by atoms with van der Waals surface area (Å²) in [5, 5.41) is 10.4. The number of carbonyl (C=O) groups is 2. The summed E-state index contributed by atoms with van der Waals surface area (Å²) in [5.41, 5.74) is 2.23. The van der Waals surface area contributed by atoms with Gasteiger partial charge < -0.3 is 20.7 Å². The monoisotopic (exact) mass is 363 g/mol. The van der Waals surface area contributed by atoms with E-state index in [2.05, 4.69) is 16.0 Å². The van der Waals surface area contributed by atoms with E-state index in [1.165, 1.54) is 6.92 Å². The molecule has 0 aliphatic rings. The third-order valence-electron chi connectivity index (χ3n) is 4.01. The van der Waals surface area contributed by atoms with E-state index < -0.39 is 0 Å². The molecular weight excluding hydrogens is 342 g/mol. The molecule has 0 saturated carbocycles. The normalized spacial score (nSPS) is 10.3. The third-order valence-corrected chi connectivity index (χ3v) is 4.01. The molecule has 0 saturated heterocycles. The zero-order valence-corrected chi connectivity index (χ0v) is 15.2. The van der Waals surface area contributed by atoms with Crippen molar-refractivity contribution in [2.24, 2.45) is 0 Å². The van der Waals surface area contributed by atoms with Crippen molar-refractivity contribution in [3.63, 3.8) is 0 Å². The zero-order valence-electron chi connectivity index (χ0n) is 15.2. The number of methoxy groups -OCH3 is 1. The van der Waals surface area contributed by atoms with Crippen molar-refractivity contribution in [2.45, 2.75) is 13.5 Å². The van der Waals surface area contributed by atoms with Gasteiger partial charge in [-0.15, -0.1) is 0 Å². The molecule has 0 aliphatic heterocycles. The van der Waals surface area contributed by atoms with Crippen LogP contribution in [0, 0.1) is 0 Å². The number of hydrogen-bond donors (Lipinski definition) is 3. The van der Waals surface area contributed by atoms with Crippen molar-refractivity contribution in [1.82, 2.24) is 5.32 Å². The van der Waals surface area contributed by atoms with Crippen LogP contribution in [0.3, 0.4) is 0 Å². The van der Waals surface area contributed by atoms with Gasteiger partial charge in [-0.1, -0.05) is 24.3 Å². The summed E-state index contributed by atoms with van der Waals surface area (Å²) in [6, 6.07) is 18.5. The Kier molecular flexibility index (Phi) is 5.56. The molecular formula is C21H21N3O3. The summed E-state index contributed by atoms with van der Waals surface area (Å²) in [5.74, 6) is 0.653. The van der Waals surface area contributed by atoms with Crippen LogP contribution in [0.15, 0.2) is 60.7 Å². The Labute approximate surface area is 157 Å².